The van der Waals surface area contributed by atoms with Crippen LogP contribution in [0.2, 0.25) is 0 Å². The molecular formula is C23H32N4O5. The Balaban J connectivity index is 0.00000161. The van der Waals surface area contributed by atoms with Gasteiger partial charge in [0.15, 0.2) is 0 Å². The van der Waals surface area contributed by atoms with Crippen molar-refractivity contribution in [3.05, 3.63) is 42.5 Å². The van der Waals surface area contributed by atoms with Gasteiger partial charge in [-0.25, -0.2) is 0 Å². The first-order valence-corrected chi connectivity index (χ1v) is 10.3. The molecule has 0 fully saturated rings. The number of nitrogens with one attached hydrogen (secondary N) is 4. The minimum Gasteiger partial charge on any atom is -0.483 e. The summed E-state index contributed by atoms with van der Waals surface area (Å²) in [5.74, 6) is -1.12. The summed E-state index contributed by atoms with van der Waals surface area (Å²) in [4.78, 5) is 45.8. The summed E-state index contributed by atoms with van der Waals surface area (Å²) < 4.78 is 0. The van der Waals surface area contributed by atoms with E-state index in [9.17, 15) is 14.4 Å². The molecule has 0 aromatic heterocycles. The summed E-state index contributed by atoms with van der Waals surface area (Å²) in [6.45, 7) is 6.77. The van der Waals surface area contributed by atoms with E-state index in [0.717, 1.165) is 10.8 Å². The average Bonchev–Trinajstić information content (AvgIpc) is 2.77. The monoisotopic (exact) mass is 444 g/mol. The maximum Gasteiger partial charge on any atom is 0.290 e. The molecule has 2 aromatic rings. The number of hydrogen-bond acceptors (Lipinski definition) is 5. The van der Waals surface area contributed by atoms with Crippen molar-refractivity contribution in [3.8, 4) is 0 Å². The molecule has 2 rings (SSSR count). The van der Waals surface area contributed by atoms with Gasteiger partial charge in [0.25, 0.3) is 6.47 Å². The number of carboxylic acid groups (broad SMARTS) is 1. The van der Waals surface area contributed by atoms with Crippen LogP contribution in [0.25, 0.3) is 10.8 Å². The standard InChI is InChI=1S/C22H30N4O3.CH2O2/c1-13(2)19(26-20(27)14(3)23-5)22(29)24-15(4)21(28)25-18-12-8-10-16-9-6-7-11-17(16)18;2-1-3/h6-15,19,23H,1-5H3,(H,24,29)(H,25,28)(H,26,27);1H,(H,2,3)/t14-,15-,19-;/m0./s1. The first-order valence-electron chi connectivity index (χ1n) is 10.3. The Kier molecular flexibility index (Phi) is 10.8. The zero-order valence-corrected chi connectivity index (χ0v) is 19.0. The minimum atomic E-state index is -0.763. The Labute approximate surface area is 188 Å². The molecule has 0 heterocycles. The molecule has 0 spiro atoms. The molecule has 0 saturated carbocycles. The van der Waals surface area contributed by atoms with Gasteiger partial charge in [-0.1, -0.05) is 50.2 Å². The summed E-state index contributed by atoms with van der Waals surface area (Å²) in [6, 6.07) is 11.5. The van der Waals surface area contributed by atoms with Crippen molar-refractivity contribution in [1.82, 2.24) is 16.0 Å². The van der Waals surface area contributed by atoms with Crippen molar-refractivity contribution in [2.24, 2.45) is 5.92 Å². The molecule has 2 aromatic carbocycles. The van der Waals surface area contributed by atoms with Crippen LogP contribution >= 0.6 is 0 Å². The van der Waals surface area contributed by atoms with Gasteiger partial charge in [0.05, 0.1) is 6.04 Å². The van der Waals surface area contributed by atoms with E-state index in [2.05, 4.69) is 21.3 Å². The predicted molar refractivity (Wildman–Crippen MR) is 124 cm³/mol. The molecule has 9 nitrogen and oxygen atoms in total. The van der Waals surface area contributed by atoms with Crippen LogP contribution in [0.4, 0.5) is 5.69 Å². The second-order valence-corrected chi connectivity index (χ2v) is 7.59. The molecule has 0 aliphatic heterocycles. The second kappa shape index (κ2) is 13.1. The lowest BCUT2D eigenvalue weighted by Gasteiger charge is -2.25. The Bertz CT molecular complexity index is 926. The van der Waals surface area contributed by atoms with Crippen LogP contribution in [-0.2, 0) is 19.2 Å². The van der Waals surface area contributed by atoms with Crippen molar-refractivity contribution in [1.29, 1.82) is 0 Å². The number of amides is 3. The van der Waals surface area contributed by atoms with Crippen LogP contribution in [-0.4, -0.2) is 54.5 Å². The topological polar surface area (TPSA) is 137 Å². The Morgan fingerprint density at radius 2 is 1.44 bits per heavy atom. The van der Waals surface area contributed by atoms with E-state index in [0.29, 0.717) is 5.69 Å². The van der Waals surface area contributed by atoms with Crippen LogP contribution in [0.15, 0.2) is 42.5 Å². The van der Waals surface area contributed by atoms with Crippen LogP contribution in [0.1, 0.15) is 27.7 Å². The highest BCUT2D eigenvalue weighted by Gasteiger charge is 2.28. The van der Waals surface area contributed by atoms with Gasteiger partial charge in [0.2, 0.25) is 17.7 Å². The van der Waals surface area contributed by atoms with E-state index >= 15 is 0 Å². The van der Waals surface area contributed by atoms with Crippen molar-refractivity contribution in [2.75, 3.05) is 12.4 Å². The number of hydrogen-bond donors (Lipinski definition) is 5. The highest BCUT2D eigenvalue weighted by atomic mass is 16.3. The molecule has 0 aliphatic rings. The summed E-state index contributed by atoms with van der Waals surface area (Å²) in [7, 11) is 1.67. The quantitative estimate of drug-likeness (QED) is 0.393. The van der Waals surface area contributed by atoms with Gasteiger partial charge in [-0.2, -0.15) is 0 Å². The summed E-state index contributed by atoms with van der Waals surface area (Å²) in [6.07, 6.45) is 0. The minimum absolute atomic E-state index is 0.128. The SMILES string of the molecule is CN[C@@H](C)C(=O)N[C@H](C(=O)N[C@@H](C)C(=O)Nc1cccc2ccccc12)C(C)C.O=CO. The molecule has 0 unspecified atom stereocenters. The van der Waals surface area contributed by atoms with Crippen LogP contribution in [0, 0.1) is 5.92 Å². The number of anilines is 1. The number of benzene rings is 2. The highest BCUT2D eigenvalue weighted by molar-refractivity contribution is 6.04. The molecule has 3 atom stereocenters. The number of carbonyl (C=O) groups is 4. The van der Waals surface area contributed by atoms with E-state index in [-0.39, 0.29) is 24.2 Å². The summed E-state index contributed by atoms with van der Waals surface area (Å²) in [5.41, 5.74) is 0.686. The van der Waals surface area contributed by atoms with E-state index in [1.54, 1.807) is 20.9 Å². The second-order valence-electron chi connectivity index (χ2n) is 7.59. The Hall–Kier alpha value is -3.46. The van der Waals surface area contributed by atoms with Crippen molar-refractivity contribution >= 4 is 40.7 Å². The lowest BCUT2D eigenvalue weighted by atomic mass is 10.0. The van der Waals surface area contributed by atoms with Crippen molar-refractivity contribution in [2.45, 2.75) is 45.8 Å². The molecular weight excluding hydrogens is 412 g/mol. The molecule has 0 aliphatic carbocycles. The normalized spacial score (nSPS) is 13.2. The fourth-order valence-electron chi connectivity index (χ4n) is 2.89. The van der Waals surface area contributed by atoms with Crippen molar-refractivity contribution < 1.29 is 24.3 Å². The van der Waals surface area contributed by atoms with Gasteiger partial charge < -0.3 is 26.4 Å². The molecule has 174 valence electrons. The molecule has 9 heteroatoms. The van der Waals surface area contributed by atoms with Crippen LogP contribution in [0.5, 0.6) is 0 Å². The number of rotatable bonds is 8. The molecule has 0 radical (unpaired) electrons. The number of carbonyl (C=O) groups excluding carboxylic acids is 3. The van der Waals surface area contributed by atoms with Crippen LogP contribution < -0.4 is 21.3 Å². The fourth-order valence-corrected chi connectivity index (χ4v) is 2.89. The summed E-state index contributed by atoms with van der Waals surface area (Å²) >= 11 is 0. The molecule has 3 amide bonds. The predicted octanol–water partition coefficient (Wildman–Crippen LogP) is 1.73. The largest absolute Gasteiger partial charge is 0.483 e. The van der Waals surface area contributed by atoms with E-state index in [1.807, 2.05) is 56.3 Å². The van der Waals surface area contributed by atoms with E-state index in [1.165, 1.54) is 0 Å². The average molecular weight is 445 g/mol. The van der Waals surface area contributed by atoms with Gasteiger partial charge in [-0.05, 0) is 38.3 Å². The van der Waals surface area contributed by atoms with E-state index in [4.69, 9.17) is 9.90 Å². The van der Waals surface area contributed by atoms with E-state index < -0.39 is 24.0 Å². The Morgan fingerprint density at radius 1 is 0.844 bits per heavy atom. The molecule has 0 saturated heterocycles. The summed E-state index contributed by atoms with van der Waals surface area (Å²) in [5, 5.41) is 20.0. The number of fused-ring (bicyclic) bond motifs is 1. The third kappa shape index (κ3) is 7.66. The maximum atomic E-state index is 12.7. The number of likely N-dealkylation sites (N-methyl/N-ethyl adjacent to an activating group) is 1. The van der Waals surface area contributed by atoms with Crippen molar-refractivity contribution in [3.63, 3.8) is 0 Å². The third-order valence-electron chi connectivity index (χ3n) is 4.87. The fraction of sp³-hybridized carbons (Fsp3) is 0.391. The van der Waals surface area contributed by atoms with Gasteiger partial charge in [-0.3, -0.25) is 19.2 Å². The zero-order chi connectivity index (χ0) is 24.3. The lowest BCUT2D eigenvalue weighted by molar-refractivity contribution is -0.132. The first-order chi connectivity index (χ1) is 15.2. The first kappa shape index (κ1) is 26.6. The highest BCUT2D eigenvalue weighted by Crippen LogP contribution is 2.23. The third-order valence-corrected chi connectivity index (χ3v) is 4.87. The van der Waals surface area contributed by atoms with Crippen LogP contribution in [0.3, 0.4) is 0 Å². The molecule has 0 bridgehead atoms. The van der Waals surface area contributed by atoms with Gasteiger partial charge in [0, 0.05) is 11.1 Å². The Morgan fingerprint density at radius 3 is 2.03 bits per heavy atom. The smallest absolute Gasteiger partial charge is 0.290 e. The zero-order valence-electron chi connectivity index (χ0n) is 19.0. The van der Waals surface area contributed by atoms with Gasteiger partial charge in [0.1, 0.15) is 12.1 Å². The van der Waals surface area contributed by atoms with Gasteiger partial charge >= 0.3 is 0 Å². The molecule has 5 N–H and O–H groups in total. The maximum absolute atomic E-state index is 12.7. The lowest BCUT2D eigenvalue weighted by Crippen LogP contribution is -2.56. The molecule has 32 heavy (non-hydrogen) atoms. The van der Waals surface area contributed by atoms with Gasteiger partial charge in [-0.15, -0.1) is 0 Å².